The van der Waals surface area contributed by atoms with Gasteiger partial charge >= 0.3 is 0 Å². The maximum absolute atomic E-state index is 9.52. The molecule has 0 saturated heterocycles. The molecule has 0 unspecified atom stereocenters. The van der Waals surface area contributed by atoms with E-state index >= 15 is 0 Å². The Bertz CT molecular complexity index is 389. The summed E-state index contributed by atoms with van der Waals surface area (Å²) in [5, 5.41) is 18.6. The molecule has 0 radical (unpaired) electrons. The Hall–Kier alpha value is -1.70. The van der Waals surface area contributed by atoms with Crippen LogP contribution in [-0.4, -0.2) is 10.2 Å². The van der Waals surface area contributed by atoms with E-state index in [9.17, 15) is 5.11 Å². The lowest BCUT2D eigenvalue weighted by atomic mass is 10.0. The van der Waals surface area contributed by atoms with Crippen LogP contribution in [-0.2, 0) is 0 Å². The summed E-state index contributed by atoms with van der Waals surface area (Å²) in [6, 6.07) is 4.66. The zero-order valence-corrected chi connectivity index (χ0v) is 7.07. The van der Waals surface area contributed by atoms with Crippen LogP contribution < -0.4 is 0 Å². The second-order valence-electron chi connectivity index (χ2n) is 3.03. The minimum absolute atomic E-state index is 0.0906. The number of phenols is 2. The smallest absolute Gasteiger partial charge is 0.126 e. The van der Waals surface area contributed by atoms with Crippen molar-refractivity contribution in [3.05, 3.63) is 42.0 Å². The van der Waals surface area contributed by atoms with E-state index in [4.69, 9.17) is 5.11 Å². The molecular formula is C11H10O2. The van der Waals surface area contributed by atoms with Gasteiger partial charge in [-0.3, -0.25) is 0 Å². The maximum Gasteiger partial charge on any atom is 0.126 e. The lowest BCUT2D eigenvalue weighted by molar-refractivity contribution is 0.449. The van der Waals surface area contributed by atoms with E-state index in [0.717, 1.165) is 17.6 Å². The minimum atomic E-state index is 0.0906. The molecule has 2 N–H and O–H groups in total. The molecule has 66 valence electrons. The summed E-state index contributed by atoms with van der Waals surface area (Å²) in [6.45, 7) is 0. The van der Waals surface area contributed by atoms with E-state index in [0.29, 0.717) is 0 Å². The van der Waals surface area contributed by atoms with Crippen molar-refractivity contribution in [1.82, 2.24) is 0 Å². The molecule has 0 amide bonds. The van der Waals surface area contributed by atoms with Gasteiger partial charge in [0, 0.05) is 11.6 Å². The molecule has 0 atom stereocenters. The van der Waals surface area contributed by atoms with Crippen LogP contribution in [0.1, 0.15) is 12.0 Å². The zero-order chi connectivity index (χ0) is 9.26. The van der Waals surface area contributed by atoms with Crippen LogP contribution in [0.5, 0.6) is 11.5 Å². The molecule has 0 bridgehead atoms. The molecule has 0 fully saturated rings. The van der Waals surface area contributed by atoms with Crippen molar-refractivity contribution in [2.75, 3.05) is 0 Å². The highest BCUT2D eigenvalue weighted by atomic mass is 16.3. The number of rotatable bonds is 1. The lowest BCUT2D eigenvalue weighted by Crippen LogP contribution is -1.81. The summed E-state index contributed by atoms with van der Waals surface area (Å²) in [5.74, 6) is 0.225. The van der Waals surface area contributed by atoms with Crippen LogP contribution in [0.25, 0.3) is 5.57 Å². The van der Waals surface area contributed by atoms with Crippen LogP contribution in [0.15, 0.2) is 36.4 Å². The molecule has 2 nitrogen and oxygen atoms in total. The van der Waals surface area contributed by atoms with Gasteiger partial charge in [-0.05, 0) is 24.1 Å². The fourth-order valence-electron chi connectivity index (χ4n) is 1.44. The Labute approximate surface area is 76.5 Å². The fourth-order valence-corrected chi connectivity index (χ4v) is 1.44. The first-order chi connectivity index (χ1) is 6.27. The van der Waals surface area contributed by atoms with Gasteiger partial charge in [0.1, 0.15) is 11.5 Å². The lowest BCUT2D eigenvalue weighted by Gasteiger charge is -2.05. The largest absolute Gasteiger partial charge is 0.508 e. The summed E-state index contributed by atoms with van der Waals surface area (Å²) in [6.07, 6.45) is 6.80. The Balaban J connectivity index is 2.41. The van der Waals surface area contributed by atoms with Gasteiger partial charge in [0.05, 0.1) is 0 Å². The highest BCUT2D eigenvalue weighted by Crippen LogP contribution is 2.32. The Morgan fingerprint density at radius 2 is 2.00 bits per heavy atom. The van der Waals surface area contributed by atoms with Gasteiger partial charge in [-0.1, -0.05) is 18.2 Å². The second-order valence-corrected chi connectivity index (χ2v) is 3.03. The molecule has 0 aromatic heterocycles. The average molecular weight is 174 g/mol. The van der Waals surface area contributed by atoms with Gasteiger partial charge in [0.15, 0.2) is 0 Å². The molecule has 1 aromatic rings. The molecule has 2 heteroatoms. The van der Waals surface area contributed by atoms with Gasteiger partial charge in [-0.15, -0.1) is 0 Å². The topological polar surface area (TPSA) is 40.5 Å². The van der Waals surface area contributed by atoms with Gasteiger partial charge in [0.2, 0.25) is 0 Å². The summed E-state index contributed by atoms with van der Waals surface area (Å²) in [4.78, 5) is 0. The van der Waals surface area contributed by atoms with Crippen molar-refractivity contribution in [1.29, 1.82) is 0 Å². The number of hydrogen-bond donors (Lipinski definition) is 2. The third-order valence-corrected chi connectivity index (χ3v) is 2.10. The number of allylic oxidation sites excluding steroid dienone is 4. The van der Waals surface area contributed by atoms with Crippen molar-refractivity contribution in [2.24, 2.45) is 0 Å². The summed E-state index contributed by atoms with van der Waals surface area (Å²) in [7, 11) is 0. The fraction of sp³-hybridized carbons (Fsp3) is 0.0909. The van der Waals surface area contributed by atoms with E-state index in [1.165, 1.54) is 6.07 Å². The summed E-state index contributed by atoms with van der Waals surface area (Å²) in [5.41, 5.74) is 1.88. The third kappa shape index (κ3) is 1.43. The first kappa shape index (κ1) is 7.92. The van der Waals surface area contributed by atoms with Crippen LogP contribution >= 0.6 is 0 Å². The van der Waals surface area contributed by atoms with E-state index in [1.807, 2.05) is 18.2 Å². The van der Waals surface area contributed by atoms with E-state index in [2.05, 4.69) is 0 Å². The van der Waals surface area contributed by atoms with Crippen molar-refractivity contribution >= 4 is 5.57 Å². The molecule has 1 aliphatic carbocycles. The predicted octanol–water partition coefficient (Wildman–Crippen LogP) is 2.44. The number of phenolic OH excluding ortho intramolecular Hbond substituents is 2. The predicted molar refractivity (Wildman–Crippen MR) is 51.5 cm³/mol. The average Bonchev–Trinajstić information content (AvgIpc) is 2.56. The van der Waals surface area contributed by atoms with E-state index < -0.39 is 0 Å². The second kappa shape index (κ2) is 2.98. The van der Waals surface area contributed by atoms with Crippen molar-refractivity contribution in [2.45, 2.75) is 6.42 Å². The first-order valence-electron chi connectivity index (χ1n) is 4.15. The number of aromatic hydroxyl groups is 2. The quantitative estimate of drug-likeness (QED) is 0.686. The van der Waals surface area contributed by atoms with E-state index in [1.54, 1.807) is 12.1 Å². The molecule has 1 aliphatic rings. The SMILES string of the molecule is Oc1ccc(C2=CC=CC2)c(O)c1. The Morgan fingerprint density at radius 1 is 1.15 bits per heavy atom. The normalized spacial score (nSPS) is 14.6. The van der Waals surface area contributed by atoms with Gasteiger partial charge in [-0.2, -0.15) is 0 Å². The molecule has 2 rings (SSSR count). The number of benzene rings is 1. The summed E-state index contributed by atoms with van der Waals surface area (Å²) >= 11 is 0. The van der Waals surface area contributed by atoms with Gasteiger partial charge in [0.25, 0.3) is 0 Å². The standard InChI is InChI=1S/C11H10O2/c12-9-5-6-10(11(13)7-9)8-3-1-2-4-8/h1-3,5-7,12-13H,4H2. The van der Waals surface area contributed by atoms with Crippen LogP contribution in [0.3, 0.4) is 0 Å². The van der Waals surface area contributed by atoms with Crippen molar-refractivity contribution in [3.63, 3.8) is 0 Å². The van der Waals surface area contributed by atoms with Crippen LogP contribution in [0, 0.1) is 0 Å². The highest BCUT2D eigenvalue weighted by Gasteiger charge is 2.08. The monoisotopic (exact) mass is 174 g/mol. The van der Waals surface area contributed by atoms with E-state index in [-0.39, 0.29) is 11.5 Å². The van der Waals surface area contributed by atoms with Crippen molar-refractivity contribution in [3.8, 4) is 11.5 Å². The van der Waals surface area contributed by atoms with Crippen molar-refractivity contribution < 1.29 is 10.2 Å². The summed E-state index contributed by atoms with van der Waals surface area (Å²) < 4.78 is 0. The molecule has 0 saturated carbocycles. The Morgan fingerprint density at radius 3 is 2.62 bits per heavy atom. The van der Waals surface area contributed by atoms with Gasteiger partial charge in [-0.25, -0.2) is 0 Å². The molecule has 0 heterocycles. The number of hydrogen-bond acceptors (Lipinski definition) is 2. The van der Waals surface area contributed by atoms with Gasteiger partial charge < -0.3 is 10.2 Å². The first-order valence-corrected chi connectivity index (χ1v) is 4.15. The molecule has 1 aromatic carbocycles. The van der Waals surface area contributed by atoms with Crippen LogP contribution in [0.4, 0.5) is 0 Å². The molecular weight excluding hydrogens is 164 g/mol. The zero-order valence-electron chi connectivity index (χ0n) is 7.07. The Kier molecular flexibility index (Phi) is 1.81. The molecule has 13 heavy (non-hydrogen) atoms. The minimum Gasteiger partial charge on any atom is -0.508 e. The van der Waals surface area contributed by atoms with Crippen LogP contribution in [0.2, 0.25) is 0 Å². The third-order valence-electron chi connectivity index (χ3n) is 2.10. The maximum atomic E-state index is 9.52. The highest BCUT2D eigenvalue weighted by molar-refractivity contribution is 5.75. The molecule has 0 spiro atoms. The molecule has 0 aliphatic heterocycles.